The summed E-state index contributed by atoms with van der Waals surface area (Å²) in [4.78, 5) is 9.36. The first kappa shape index (κ1) is 13.9. The van der Waals surface area contributed by atoms with Crippen molar-refractivity contribution in [2.45, 2.75) is -0.0619 Å². The Balaban J connectivity index is 0. The van der Waals surface area contributed by atoms with Crippen molar-refractivity contribution >= 4 is 96.3 Å². The van der Waals surface area contributed by atoms with Gasteiger partial charge in [0.2, 0.25) is 0 Å². The molecule has 0 heterocycles. The largest absolute Gasteiger partial charge is 0.481 e. The van der Waals surface area contributed by atoms with Gasteiger partial charge in [0.15, 0.2) is 0 Å². The molecule has 0 aliphatic carbocycles. The molecule has 0 atom stereocenters. The minimum atomic E-state index is -0.759. The summed E-state index contributed by atoms with van der Waals surface area (Å²) < 4.78 is 0.936. The zero-order chi connectivity index (χ0) is 7.86. The van der Waals surface area contributed by atoms with Crippen LogP contribution < -0.4 is 0 Å². The summed E-state index contributed by atoms with van der Waals surface area (Å²) in [5.74, 6) is -0.759. The molecule has 56 valence electrons. The summed E-state index contributed by atoms with van der Waals surface area (Å²) in [6, 6.07) is 0. The van der Waals surface area contributed by atoms with Gasteiger partial charge in [0.25, 0.3) is 0 Å². The topological polar surface area (TPSA) is 37.3 Å². The molecule has 2 nitrogen and oxygen atoms in total. The van der Waals surface area contributed by atoms with E-state index in [1.54, 1.807) is 22.6 Å². The Hall–Kier alpha value is 2.39. The van der Waals surface area contributed by atoms with Crippen molar-refractivity contribution < 1.29 is 9.90 Å². The summed E-state index contributed by atoms with van der Waals surface area (Å²) in [7, 11) is 0. The molecule has 0 rings (SSSR count). The Morgan fingerprint density at radius 1 is 1.44 bits per heavy atom. The summed E-state index contributed by atoms with van der Waals surface area (Å²) in [5, 5.41) is 7.71. The van der Waals surface area contributed by atoms with Crippen LogP contribution >= 0.6 is 90.4 Å². The fourth-order valence-corrected chi connectivity index (χ4v) is 0. The molecule has 0 fully saturated rings. The molecule has 0 radical (unpaired) electrons. The van der Waals surface area contributed by atoms with Gasteiger partial charge in [-0.05, 0) is 0 Å². The van der Waals surface area contributed by atoms with Crippen LogP contribution in [-0.4, -0.2) is 15.4 Å². The first-order valence-electron chi connectivity index (χ1n) is 1.70. The lowest BCUT2D eigenvalue weighted by Crippen LogP contribution is -1.91. The molecule has 0 spiro atoms. The summed E-state index contributed by atoms with van der Waals surface area (Å²) >= 11 is 8.73. The lowest BCUT2D eigenvalue weighted by molar-refractivity contribution is -0.133. The highest BCUT2D eigenvalue weighted by Crippen LogP contribution is 2.16. The zero-order valence-electron chi connectivity index (χ0n) is 4.15. The van der Waals surface area contributed by atoms with Gasteiger partial charge in [-0.15, -0.1) is 0 Å². The predicted octanol–water partition coefficient (Wildman–Crippen LogP) is 3.08. The van der Waals surface area contributed by atoms with E-state index >= 15 is 0 Å². The maximum Gasteiger partial charge on any atom is 0.313 e. The second-order valence-electron chi connectivity index (χ2n) is 0.775. The van der Waals surface area contributed by atoms with Gasteiger partial charge in [0.1, 0.15) is -0.0619 Å². The second-order valence-corrected chi connectivity index (χ2v) is 12.4. The maximum absolute atomic E-state index is 9.36. The van der Waals surface area contributed by atoms with E-state index in [0.29, 0.717) is 0 Å². The van der Waals surface area contributed by atoms with Gasteiger partial charge in [-0.25, -0.2) is 0 Å². The van der Waals surface area contributed by atoms with E-state index in [2.05, 4.69) is 67.8 Å². The van der Waals surface area contributed by atoms with Crippen molar-refractivity contribution in [3.8, 4) is 0 Å². The number of aliphatic carboxylic acids is 1. The maximum atomic E-state index is 9.36. The van der Waals surface area contributed by atoms with Gasteiger partial charge in [0, 0.05) is 0 Å². The molecule has 0 saturated carbocycles. The van der Waals surface area contributed by atoms with Crippen molar-refractivity contribution in [1.29, 1.82) is 0 Å². The van der Waals surface area contributed by atoms with Crippen LogP contribution in [0.5, 0.6) is 0 Å². The van der Waals surface area contributed by atoms with Crippen molar-refractivity contribution in [3.63, 3.8) is 0 Å². The Kier molecular flexibility index (Phi) is 16.1. The minimum absolute atomic E-state index is 0.192. The number of halogens is 4. The van der Waals surface area contributed by atoms with Gasteiger partial charge >= 0.3 is 5.97 Å². The van der Waals surface area contributed by atoms with E-state index < -0.39 is 5.97 Å². The summed E-state index contributed by atoms with van der Waals surface area (Å²) in [5.41, 5.74) is 0. The number of carbonyl (C=O) groups is 1. The fourth-order valence-electron chi connectivity index (χ4n) is 0. The Bertz CT molecular complexity index is 71.5. The molecule has 0 aromatic heterocycles. The molecule has 0 aromatic rings. The minimum Gasteiger partial charge on any atom is -0.481 e. The smallest absolute Gasteiger partial charge is 0.313 e. The number of rotatable bonds is 1. The van der Waals surface area contributed by atoms with E-state index in [-0.39, 0.29) is 4.43 Å². The Labute approximate surface area is 108 Å². The summed E-state index contributed by atoms with van der Waals surface area (Å²) in [6.45, 7) is 0. The molecule has 1 N–H and O–H groups in total. The highest BCUT2D eigenvalue weighted by Gasteiger charge is 1.82. The third-order valence-electron chi connectivity index (χ3n) is 0.114. The zero-order valence-corrected chi connectivity index (χ0v) is 12.8. The quantitative estimate of drug-likeness (QED) is 0.383. The van der Waals surface area contributed by atoms with Crippen LogP contribution in [0.1, 0.15) is 0 Å². The van der Waals surface area contributed by atoms with Crippen LogP contribution in [0.2, 0.25) is 0 Å². The molecule has 9 heavy (non-hydrogen) atoms. The number of hydrogen-bond donors (Lipinski definition) is 1. The highest BCUT2D eigenvalue weighted by atomic mass is 127. The number of hydrogen-bond acceptors (Lipinski definition) is 1. The van der Waals surface area contributed by atoms with Crippen molar-refractivity contribution in [1.82, 2.24) is 0 Å². The van der Waals surface area contributed by atoms with Crippen molar-refractivity contribution in [3.05, 3.63) is 0 Å². The first-order valence-corrected chi connectivity index (χ1v) is 6.97. The first-order chi connectivity index (χ1) is 4.00. The van der Waals surface area contributed by atoms with Gasteiger partial charge in [-0.1, -0.05) is 90.4 Å². The molecule has 0 amide bonds. The third-order valence-corrected chi connectivity index (χ3v) is 0.767. The van der Waals surface area contributed by atoms with Gasteiger partial charge in [-0.2, -0.15) is 0 Å². The van der Waals surface area contributed by atoms with Crippen molar-refractivity contribution in [2.75, 3.05) is 4.43 Å². The van der Waals surface area contributed by atoms with Gasteiger partial charge in [-0.3, -0.25) is 4.79 Å². The standard InChI is InChI=1S/C2H3IO2.CHI3/c3-1-2(4)5;2-1(3)4/h1H2,(H,4,5);1H. The van der Waals surface area contributed by atoms with Crippen molar-refractivity contribution in [2.24, 2.45) is 0 Å². The molecule has 0 bridgehead atoms. The molecular formula is C3H4I4O2. The molecule has 0 saturated heterocycles. The lowest BCUT2D eigenvalue weighted by Gasteiger charge is -1.71. The van der Waals surface area contributed by atoms with Crippen LogP contribution in [0.3, 0.4) is 0 Å². The van der Waals surface area contributed by atoms with Crippen LogP contribution in [0, 0.1) is 0 Å². The average molecular weight is 580 g/mol. The third kappa shape index (κ3) is 37.9. The normalized spacial score (nSPS) is 8.11. The second kappa shape index (κ2) is 10.4. The highest BCUT2D eigenvalue weighted by molar-refractivity contribution is 14.3. The molecule has 0 unspecified atom stereocenters. The Morgan fingerprint density at radius 2 is 1.56 bits per heavy atom. The molecule has 0 aliphatic rings. The molecule has 6 heteroatoms. The monoisotopic (exact) mass is 580 g/mol. The van der Waals surface area contributed by atoms with Crippen LogP contribution in [-0.2, 0) is 4.79 Å². The lowest BCUT2D eigenvalue weighted by atomic mass is 10.9. The summed E-state index contributed by atoms with van der Waals surface area (Å²) in [6.07, 6.45) is 0. The number of carboxylic acid groups (broad SMARTS) is 1. The van der Waals surface area contributed by atoms with Gasteiger partial charge in [0.05, 0.1) is 4.43 Å². The van der Waals surface area contributed by atoms with E-state index in [1.165, 1.54) is 0 Å². The van der Waals surface area contributed by atoms with E-state index in [9.17, 15) is 4.79 Å². The van der Waals surface area contributed by atoms with Crippen LogP contribution in [0.4, 0.5) is 0 Å². The Morgan fingerprint density at radius 3 is 1.56 bits per heavy atom. The number of carboxylic acids is 1. The molecule has 0 aromatic carbocycles. The van der Waals surface area contributed by atoms with E-state index in [0.717, 1.165) is -0.0619 Å². The fraction of sp³-hybridized carbons (Fsp3) is 0.667. The predicted molar refractivity (Wildman–Crippen MR) is 72.4 cm³/mol. The number of alkyl halides is 4. The van der Waals surface area contributed by atoms with Crippen LogP contribution in [0.15, 0.2) is 0 Å². The van der Waals surface area contributed by atoms with Crippen LogP contribution in [0.25, 0.3) is 0 Å². The molecular weight excluding hydrogens is 576 g/mol. The SMILES string of the molecule is IC(I)I.O=C(O)CI. The van der Waals surface area contributed by atoms with Gasteiger partial charge < -0.3 is 5.11 Å². The molecule has 0 aliphatic heterocycles. The van der Waals surface area contributed by atoms with E-state index in [1.807, 2.05) is 0 Å². The average Bonchev–Trinajstić information content (AvgIpc) is 1.65. The van der Waals surface area contributed by atoms with E-state index in [4.69, 9.17) is 5.11 Å².